The zero-order valence-corrected chi connectivity index (χ0v) is 19.4. The summed E-state index contributed by atoms with van der Waals surface area (Å²) in [4.78, 5) is 24.5. The molecule has 2 N–H and O–H groups in total. The zero-order valence-electron chi connectivity index (χ0n) is 18.6. The Morgan fingerprint density at radius 1 is 0.818 bits per heavy atom. The van der Waals surface area contributed by atoms with Crippen LogP contribution >= 0.6 is 0 Å². The number of hydrogen-bond acceptors (Lipinski definition) is 6. The second kappa shape index (κ2) is 9.74. The average Bonchev–Trinajstić information content (AvgIpc) is 2.72. The molecule has 0 spiro atoms. The van der Waals surface area contributed by atoms with Gasteiger partial charge in [-0.25, -0.2) is 9.59 Å². The Bertz CT molecular complexity index is 1320. The van der Waals surface area contributed by atoms with Crippen molar-refractivity contribution in [1.82, 2.24) is 0 Å². The second-order valence-electron chi connectivity index (χ2n) is 7.46. The van der Waals surface area contributed by atoms with E-state index < -0.39 is 22.1 Å². The van der Waals surface area contributed by atoms with Crippen molar-refractivity contribution in [1.29, 1.82) is 0 Å². The Morgan fingerprint density at radius 2 is 1.48 bits per heavy atom. The summed E-state index contributed by atoms with van der Waals surface area (Å²) >= 11 is 0. The molecule has 0 aliphatic heterocycles. The molecule has 0 aliphatic carbocycles. The van der Waals surface area contributed by atoms with Gasteiger partial charge in [-0.05, 0) is 62.2 Å². The summed E-state index contributed by atoms with van der Waals surface area (Å²) in [5, 5.41) is 5.29. The van der Waals surface area contributed by atoms with E-state index in [0.717, 1.165) is 11.1 Å². The molecule has 0 saturated carbocycles. The lowest BCUT2D eigenvalue weighted by Crippen LogP contribution is -2.20. The van der Waals surface area contributed by atoms with Gasteiger partial charge < -0.3 is 19.6 Å². The number of urea groups is 1. The lowest BCUT2D eigenvalue weighted by Gasteiger charge is -2.14. The van der Waals surface area contributed by atoms with Gasteiger partial charge in [0.25, 0.3) is 0 Å². The number of hydrogen-bond donors (Lipinski definition) is 2. The van der Waals surface area contributed by atoms with Crippen molar-refractivity contribution in [2.45, 2.75) is 25.7 Å². The van der Waals surface area contributed by atoms with Gasteiger partial charge in [0.05, 0.1) is 7.11 Å². The third-order valence-electron chi connectivity index (χ3n) is 4.72. The molecule has 0 heterocycles. The molecule has 3 rings (SSSR count). The van der Waals surface area contributed by atoms with E-state index in [2.05, 4.69) is 10.6 Å². The van der Waals surface area contributed by atoms with Gasteiger partial charge in [-0.2, -0.15) is 8.42 Å². The van der Waals surface area contributed by atoms with Gasteiger partial charge in [0.2, 0.25) is 0 Å². The van der Waals surface area contributed by atoms with Crippen molar-refractivity contribution in [3.05, 3.63) is 82.9 Å². The summed E-state index contributed by atoms with van der Waals surface area (Å²) in [6.45, 7) is 5.39. The number of amides is 2. The first kappa shape index (κ1) is 23.8. The first-order valence-corrected chi connectivity index (χ1v) is 11.4. The van der Waals surface area contributed by atoms with E-state index in [4.69, 9.17) is 8.92 Å². The smallest absolute Gasteiger partial charge is 0.341 e. The number of aryl methyl sites for hydroxylation is 3. The van der Waals surface area contributed by atoms with Crippen LogP contribution in [0.2, 0.25) is 0 Å². The molecule has 3 aromatic carbocycles. The third-order valence-corrected chi connectivity index (χ3v) is 6.12. The number of carbonyl (C=O) groups excluding carboxylic acids is 2. The molecule has 0 saturated heterocycles. The van der Waals surface area contributed by atoms with E-state index in [1.54, 1.807) is 37.3 Å². The van der Waals surface area contributed by atoms with Crippen LogP contribution in [0.25, 0.3) is 0 Å². The minimum Gasteiger partial charge on any atom is -0.465 e. The highest BCUT2D eigenvalue weighted by Gasteiger charge is 2.24. The highest BCUT2D eigenvalue weighted by molar-refractivity contribution is 7.87. The van der Waals surface area contributed by atoms with Crippen LogP contribution in [-0.4, -0.2) is 27.5 Å². The number of methoxy groups -OCH3 is 1. The van der Waals surface area contributed by atoms with Crippen molar-refractivity contribution < 1.29 is 26.9 Å². The SMILES string of the molecule is COC(=O)c1ccc(NC(=O)Nc2cccc(C)c2)cc1OS(=O)(=O)c1ccc(C)cc1C. The monoisotopic (exact) mass is 468 g/mol. The van der Waals surface area contributed by atoms with E-state index in [0.29, 0.717) is 11.3 Å². The maximum absolute atomic E-state index is 12.9. The lowest BCUT2D eigenvalue weighted by molar-refractivity contribution is 0.0599. The normalized spacial score (nSPS) is 10.9. The van der Waals surface area contributed by atoms with Crippen LogP contribution in [0, 0.1) is 20.8 Å². The quantitative estimate of drug-likeness (QED) is 0.397. The molecule has 172 valence electrons. The van der Waals surface area contributed by atoms with Crippen molar-refractivity contribution in [3.63, 3.8) is 0 Å². The standard InChI is InChI=1S/C24H24N2O6S/c1-15-6-5-7-18(13-15)25-24(28)26-19-9-10-20(23(27)31-4)21(14-19)32-33(29,30)22-11-8-16(2)12-17(22)3/h5-14H,1-4H3,(H2,25,26,28). The number of nitrogens with one attached hydrogen (secondary N) is 2. The van der Waals surface area contributed by atoms with E-state index in [1.165, 1.54) is 31.4 Å². The molecule has 0 aromatic heterocycles. The summed E-state index contributed by atoms with van der Waals surface area (Å²) in [5.41, 5.74) is 3.08. The van der Waals surface area contributed by atoms with Crippen LogP contribution in [0.15, 0.2) is 65.6 Å². The predicted molar refractivity (Wildman–Crippen MR) is 125 cm³/mol. The summed E-state index contributed by atoms with van der Waals surface area (Å²) in [6.07, 6.45) is 0. The molecule has 0 fully saturated rings. The van der Waals surface area contributed by atoms with E-state index in [1.807, 2.05) is 19.9 Å². The van der Waals surface area contributed by atoms with Gasteiger partial charge in [-0.15, -0.1) is 0 Å². The van der Waals surface area contributed by atoms with Crippen molar-refractivity contribution in [2.24, 2.45) is 0 Å². The summed E-state index contributed by atoms with van der Waals surface area (Å²) in [6, 6.07) is 15.5. The van der Waals surface area contributed by atoms with Crippen LogP contribution in [0.4, 0.5) is 16.2 Å². The number of benzene rings is 3. The minimum atomic E-state index is -4.26. The zero-order chi connectivity index (χ0) is 24.2. The number of esters is 1. The van der Waals surface area contributed by atoms with Gasteiger partial charge >= 0.3 is 22.1 Å². The maximum Gasteiger partial charge on any atom is 0.341 e. The molecule has 9 heteroatoms. The molecule has 2 amide bonds. The topological polar surface area (TPSA) is 111 Å². The fourth-order valence-electron chi connectivity index (χ4n) is 3.21. The van der Waals surface area contributed by atoms with Crippen LogP contribution in [0.3, 0.4) is 0 Å². The molecule has 3 aromatic rings. The van der Waals surface area contributed by atoms with Gasteiger partial charge in [0.1, 0.15) is 10.5 Å². The summed E-state index contributed by atoms with van der Waals surface area (Å²) in [5.74, 6) is -1.05. The van der Waals surface area contributed by atoms with E-state index in [9.17, 15) is 18.0 Å². The van der Waals surface area contributed by atoms with Gasteiger partial charge in [0.15, 0.2) is 5.75 Å². The Labute approximate surface area is 192 Å². The second-order valence-corrected chi connectivity index (χ2v) is 8.97. The Morgan fingerprint density at radius 3 is 2.12 bits per heavy atom. The molecule has 0 unspecified atom stereocenters. The van der Waals surface area contributed by atoms with E-state index in [-0.39, 0.29) is 21.9 Å². The van der Waals surface area contributed by atoms with Gasteiger partial charge in [0, 0.05) is 17.4 Å². The molecule has 33 heavy (non-hydrogen) atoms. The van der Waals surface area contributed by atoms with Crippen molar-refractivity contribution in [2.75, 3.05) is 17.7 Å². The highest BCUT2D eigenvalue weighted by Crippen LogP contribution is 2.29. The first-order chi connectivity index (χ1) is 15.6. The van der Waals surface area contributed by atoms with E-state index >= 15 is 0 Å². The summed E-state index contributed by atoms with van der Waals surface area (Å²) in [7, 11) is -3.09. The predicted octanol–water partition coefficient (Wildman–Crippen LogP) is 4.81. The summed E-state index contributed by atoms with van der Waals surface area (Å²) < 4.78 is 35.9. The molecule has 8 nitrogen and oxygen atoms in total. The fourth-order valence-corrected chi connectivity index (χ4v) is 4.36. The lowest BCUT2D eigenvalue weighted by atomic mass is 10.2. The Hall–Kier alpha value is -3.85. The Balaban J connectivity index is 1.90. The van der Waals surface area contributed by atoms with Crippen molar-refractivity contribution >= 4 is 33.5 Å². The number of anilines is 2. The largest absolute Gasteiger partial charge is 0.465 e. The number of ether oxygens (including phenoxy) is 1. The number of carbonyl (C=O) groups is 2. The van der Waals surface area contributed by atoms with Gasteiger partial charge in [-0.1, -0.05) is 29.8 Å². The van der Waals surface area contributed by atoms with Crippen LogP contribution in [0.1, 0.15) is 27.0 Å². The van der Waals surface area contributed by atoms with Gasteiger partial charge in [-0.3, -0.25) is 0 Å². The molecule has 0 atom stereocenters. The Kier molecular flexibility index (Phi) is 7.03. The minimum absolute atomic E-state index is 0.0283. The molecular weight excluding hydrogens is 444 g/mol. The van der Waals surface area contributed by atoms with Crippen LogP contribution in [-0.2, 0) is 14.9 Å². The van der Waals surface area contributed by atoms with Crippen LogP contribution in [0.5, 0.6) is 5.75 Å². The molecule has 0 aliphatic rings. The highest BCUT2D eigenvalue weighted by atomic mass is 32.2. The molecular formula is C24H24N2O6S. The molecule has 0 radical (unpaired) electrons. The first-order valence-electron chi connectivity index (χ1n) is 9.98. The number of rotatable bonds is 6. The molecule has 0 bridgehead atoms. The fraction of sp³-hybridized carbons (Fsp3) is 0.167. The van der Waals surface area contributed by atoms with Crippen LogP contribution < -0.4 is 14.8 Å². The maximum atomic E-state index is 12.9. The third kappa shape index (κ3) is 5.89. The average molecular weight is 469 g/mol. The van der Waals surface area contributed by atoms with Crippen molar-refractivity contribution in [3.8, 4) is 5.75 Å².